The molecule has 0 saturated heterocycles. The number of quaternary nitrogens is 2. The summed E-state index contributed by atoms with van der Waals surface area (Å²) in [6.45, 7) is 1.94. The minimum Gasteiger partial charge on any atom is -1.00 e. The number of aliphatic hydroxyl groups excluding tert-OH is 2. The van der Waals surface area contributed by atoms with E-state index in [4.69, 9.17) is 47.4 Å². The van der Waals surface area contributed by atoms with Crippen molar-refractivity contribution in [2.45, 2.75) is 75.7 Å². The minimum atomic E-state index is -1.35. The summed E-state index contributed by atoms with van der Waals surface area (Å²) in [4.78, 5) is 26.5. The highest BCUT2D eigenvalue weighted by Gasteiger charge is 2.44. The monoisotopic (exact) mass is 1230 g/mol. The van der Waals surface area contributed by atoms with Gasteiger partial charge in [0.1, 0.15) is 25.2 Å². The average molecular weight is 1230 g/mol. The molecular weight excluding hydrogens is 1150 g/mol. The Kier molecular flexibility index (Phi) is 23.1. The molecule has 2 aliphatic rings. The summed E-state index contributed by atoms with van der Waals surface area (Å²) >= 11 is 0. The maximum Gasteiger partial charge on any atom is 0.340 e. The molecule has 2 aliphatic heterocycles. The Morgan fingerprint density at radius 3 is 1.14 bits per heavy atom. The van der Waals surface area contributed by atoms with Gasteiger partial charge >= 0.3 is 11.9 Å². The molecule has 2 unspecified atom stereocenters. The zero-order valence-electron chi connectivity index (χ0n) is 43.4. The van der Waals surface area contributed by atoms with Crippen LogP contribution in [-0.4, -0.2) is 154 Å². The van der Waals surface area contributed by atoms with E-state index >= 15 is 0 Å². The molecule has 398 valence electrons. The van der Waals surface area contributed by atoms with Crippen molar-refractivity contribution < 1.29 is 124 Å². The van der Waals surface area contributed by atoms with Gasteiger partial charge in [-0.3, -0.25) is 0 Å². The molecular formula is C54H74I2N2O14. The molecule has 72 heavy (non-hydrogen) atoms. The van der Waals surface area contributed by atoms with E-state index in [0.717, 1.165) is 33.4 Å². The van der Waals surface area contributed by atoms with Gasteiger partial charge in [-0.1, -0.05) is 12.1 Å². The minimum absolute atomic E-state index is 0. The molecule has 0 radical (unpaired) electrons. The van der Waals surface area contributed by atoms with E-state index in [-0.39, 0.29) is 86.3 Å². The maximum absolute atomic E-state index is 13.3. The molecule has 0 spiro atoms. The molecule has 6 atom stereocenters. The molecule has 16 nitrogen and oxygen atoms in total. The summed E-state index contributed by atoms with van der Waals surface area (Å²) in [6.07, 6.45) is 2.51. The second-order valence-corrected chi connectivity index (χ2v) is 18.7. The number of carbonyl (C=O) groups is 2. The number of likely N-dealkylation sites (N-methyl/N-ethyl adjacent to an activating group) is 2. The first-order valence-electron chi connectivity index (χ1n) is 24.0. The van der Waals surface area contributed by atoms with Crippen LogP contribution in [0.15, 0.2) is 60.7 Å². The van der Waals surface area contributed by atoms with Crippen molar-refractivity contribution >= 4 is 11.9 Å². The van der Waals surface area contributed by atoms with Gasteiger partial charge in [0.05, 0.1) is 97.3 Å². The quantitative estimate of drug-likeness (QED) is 0.0406. The lowest BCUT2D eigenvalue weighted by Gasteiger charge is -2.46. The van der Waals surface area contributed by atoms with Crippen LogP contribution in [0.5, 0.6) is 46.0 Å². The average Bonchev–Trinajstić information content (AvgIpc) is 3.37. The molecule has 6 rings (SSSR count). The van der Waals surface area contributed by atoms with Crippen LogP contribution in [-0.2, 0) is 44.7 Å². The fourth-order valence-corrected chi connectivity index (χ4v) is 10.3. The van der Waals surface area contributed by atoms with Crippen molar-refractivity contribution in [3.8, 4) is 46.0 Å². The Morgan fingerprint density at radius 1 is 0.486 bits per heavy atom. The SMILES string of the molecule is COc1ccc(C[C@@H]2c3cc(OC)c(OC)cc3CC[N+]2(C)C[C@H](O)C(=O)OCCCCCCOC(=O)[C@@H](O)C[N+]2(C)CCc3cc(OC)c(OC)cc3[C@H]2Cc2ccc(OC)c(OC)c2)cc1OC.[I-].[I-]. The largest absolute Gasteiger partial charge is 1.00 e. The molecule has 2 N–H and O–H groups in total. The van der Waals surface area contributed by atoms with E-state index in [2.05, 4.69) is 14.1 Å². The summed E-state index contributed by atoms with van der Waals surface area (Å²) in [6, 6.07) is 19.5. The zero-order chi connectivity index (χ0) is 50.6. The third kappa shape index (κ3) is 14.2. The highest BCUT2D eigenvalue weighted by Crippen LogP contribution is 2.45. The predicted octanol–water partition coefficient (Wildman–Crippen LogP) is 0.405. The van der Waals surface area contributed by atoms with Crippen LogP contribution in [0, 0.1) is 0 Å². The van der Waals surface area contributed by atoms with E-state index in [9.17, 15) is 19.8 Å². The number of unbranched alkanes of at least 4 members (excludes halogenated alkanes) is 3. The number of esters is 2. The number of methoxy groups -OCH3 is 8. The van der Waals surface area contributed by atoms with Gasteiger partial charge in [0.25, 0.3) is 0 Å². The summed E-state index contributed by atoms with van der Waals surface area (Å²) in [7, 11) is 17.0. The van der Waals surface area contributed by atoms with Crippen molar-refractivity contribution in [2.75, 3.05) is 110 Å². The number of fused-ring (bicyclic) bond motifs is 2. The van der Waals surface area contributed by atoms with Gasteiger partial charge in [0, 0.05) is 36.8 Å². The van der Waals surface area contributed by atoms with E-state index in [0.29, 0.717) is 119 Å². The Bertz CT molecular complexity index is 2260. The highest BCUT2D eigenvalue weighted by molar-refractivity contribution is 5.75. The fourth-order valence-electron chi connectivity index (χ4n) is 10.3. The number of benzene rings is 4. The number of ether oxygens (including phenoxy) is 10. The molecule has 0 aromatic heterocycles. The van der Waals surface area contributed by atoms with Crippen molar-refractivity contribution in [2.24, 2.45) is 0 Å². The lowest BCUT2D eigenvalue weighted by molar-refractivity contribution is -0.943. The number of carbonyl (C=O) groups excluding carboxylic acids is 2. The van der Waals surface area contributed by atoms with Gasteiger partial charge in [-0.15, -0.1) is 0 Å². The Labute approximate surface area is 459 Å². The molecule has 0 saturated carbocycles. The number of halogens is 2. The smallest absolute Gasteiger partial charge is 0.340 e. The van der Waals surface area contributed by atoms with Crippen LogP contribution in [0.3, 0.4) is 0 Å². The van der Waals surface area contributed by atoms with Crippen LogP contribution in [0.25, 0.3) is 0 Å². The molecule has 0 amide bonds. The van der Waals surface area contributed by atoms with Crippen molar-refractivity contribution in [1.29, 1.82) is 0 Å². The lowest BCUT2D eigenvalue weighted by Crippen LogP contribution is -3.00. The van der Waals surface area contributed by atoms with Crippen LogP contribution in [0.1, 0.15) is 71.1 Å². The second-order valence-electron chi connectivity index (χ2n) is 18.7. The van der Waals surface area contributed by atoms with Crippen LogP contribution in [0.2, 0.25) is 0 Å². The first kappa shape index (κ1) is 60.1. The molecule has 0 aliphatic carbocycles. The molecule has 4 aromatic rings. The number of aliphatic hydroxyl groups is 2. The Hall–Kier alpha value is -4.48. The van der Waals surface area contributed by atoms with E-state index in [1.54, 1.807) is 56.9 Å². The van der Waals surface area contributed by atoms with Gasteiger partial charge in [-0.05, 0) is 96.5 Å². The Balaban J connectivity index is 0.00000562. The van der Waals surface area contributed by atoms with Gasteiger partial charge in [-0.2, -0.15) is 0 Å². The molecule has 2 heterocycles. The third-order valence-corrected chi connectivity index (χ3v) is 14.3. The van der Waals surface area contributed by atoms with Gasteiger partial charge in [0.15, 0.2) is 46.0 Å². The van der Waals surface area contributed by atoms with E-state index in [1.165, 1.54) is 0 Å². The highest BCUT2D eigenvalue weighted by atomic mass is 127. The molecule has 0 bridgehead atoms. The van der Waals surface area contributed by atoms with Crippen LogP contribution < -0.4 is 85.8 Å². The fraction of sp³-hybridized carbons (Fsp3) is 0.519. The van der Waals surface area contributed by atoms with Gasteiger partial charge in [-0.25, -0.2) is 9.59 Å². The van der Waals surface area contributed by atoms with E-state index < -0.39 is 24.1 Å². The second kappa shape index (κ2) is 27.7. The van der Waals surface area contributed by atoms with Gasteiger partial charge in [0.2, 0.25) is 12.2 Å². The van der Waals surface area contributed by atoms with E-state index in [1.807, 2.05) is 60.7 Å². The first-order chi connectivity index (χ1) is 33.7. The van der Waals surface area contributed by atoms with Crippen molar-refractivity contribution in [3.05, 3.63) is 94.0 Å². The summed E-state index contributed by atoms with van der Waals surface area (Å²) in [5.41, 5.74) is 6.40. The predicted molar refractivity (Wildman–Crippen MR) is 263 cm³/mol. The van der Waals surface area contributed by atoms with Crippen molar-refractivity contribution in [1.82, 2.24) is 0 Å². The number of hydrogen-bond donors (Lipinski definition) is 2. The van der Waals surface area contributed by atoms with Crippen LogP contribution in [0.4, 0.5) is 0 Å². The summed E-state index contributed by atoms with van der Waals surface area (Å²) < 4.78 is 56.8. The number of hydrogen-bond acceptors (Lipinski definition) is 14. The zero-order valence-corrected chi connectivity index (χ0v) is 47.7. The topological polar surface area (TPSA) is 167 Å². The standard InChI is InChI=1S/C54H74N2O14.2HI/c1-55(21-19-37-29-49(65-7)51(67-9)31-39(37)41(55)25-35-15-17-45(61-3)47(27-35)63-5)33-43(57)53(59)69-23-13-11-12-14-24-70-54(60)44(58)34-56(2)22-20-38-30-50(66-8)52(68-10)32-40(38)42(56)26-36-16-18-46(62-4)48(28-36)64-6;;/h15-18,27-32,41-44,57-58H,11-14,19-26,33-34H2,1-10H3;2*1H/q+2;;/p-2/t41-,42-,43+,44+,55?,56?;;/m1../s1. The van der Waals surface area contributed by atoms with Gasteiger partial charge < -0.3 is 115 Å². The maximum atomic E-state index is 13.3. The summed E-state index contributed by atoms with van der Waals surface area (Å²) in [5.74, 6) is 3.70. The number of nitrogens with zero attached hydrogens (tertiary/aromatic N) is 2. The Morgan fingerprint density at radius 2 is 0.806 bits per heavy atom. The third-order valence-electron chi connectivity index (χ3n) is 14.3. The number of rotatable bonds is 25. The van der Waals surface area contributed by atoms with Crippen molar-refractivity contribution in [3.63, 3.8) is 0 Å². The summed E-state index contributed by atoms with van der Waals surface area (Å²) in [5, 5.41) is 22.7. The molecule has 4 aromatic carbocycles. The molecule has 0 fully saturated rings. The lowest BCUT2D eigenvalue weighted by atomic mass is 9.86. The van der Waals surface area contributed by atoms with Crippen LogP contribution >= 0.6 is 0 Å². The first-order valence-corrected chi connectivity index (χ1v) is 24.0. The molecule has 18 heteroatoms. The normalized spacial score (nSPS) is 19.6.